The first-order chi connectivity index (χ1) is 11.5. The molecule has 0 spiro atoms. The van der Waals surface area contributed by atoms with Crippen LogP contribution in [0.4, 0.5) is 9.18 Å². The zero-order valence-corrected chi connectivity index (χ0v) is 13.7. The molecule has 3 rings (SSSR count). The molecule has 0 saturated carbocycles. The van der Waals surface area contributed by atoms with E-state index in [0.717, 1.165) is 17.7 Å². The lowest BCUT2D eigenvalue weighted by Crippen LogP contribution is -2.56. The Labute approximate surface area is 140 Å². The molecular weight excluding hydrogens is 313 g/mol. The number of likely N-dealkylation sites (tertiary alicyclic amines) is 1. The van der Waals surface area contributed by atoms with Crippen LogP contribution in [-0.4, -0.2) is 59.1 Å². The Kier molecular flexibility index (Phi) is 4.71. The molecule has 130 valence electrons. The van der Waals surface area contributed by atoms with Crippen LogP contribution < -0.4 is 5.32 Å². The molecule has 6 nitrogen and oxygen atoms in total. The van der Waals surface area contributed by atoms with Crippen LogP contribution in [0.5, 0.6) is 0 Å². The third-order valence-electron chi connectivity index (χ3n) is 4.98. The van der Waals surface area contributed by atoms with Gasteiger partial charge in [0.15, 0.2) is 0 Å². The smallest absolute Gasteiger partial charge is 0.407 e. The number of amides is 2. The summed E-state index contributed by atoms with van der Waals surface area (Å²) in [5.41, 5.74) is 1.55. The van der Waals surface area contributed by atoms with Crippen LogP contribution in [0.3, 0.4) is 0 Å². The predicted octanol–water partition coefficient (Wildman–Crippen LogP) is 1.75. The second-order valence-corrected chi connectivity index (χ2v) is 6.43. The Morgan fingerprint density at radius 2 is 2.17 bits per heavy atom. The molecule has 2 unspecified atom stereocenters. The molecule has 0 aromatic heterocycles. The molecule has 1 aromatic carbocycles. The average molecular weight is 335 g/mol. The third kappa shape index (κ3) is 3.21. The van der Waals surface area contributed by atoms with Crippen molar-refractivity contribution in [2.75, 3.05) is 26.2 Å². The van der Waals surface area contributed by atoms with E-state index < -0.39 is 6.09 Å². The molecule has 0 radical (unpaired) electrons. The van der Waals surface area contributed by atoms with Gasteiger partial charge in [0.05, 0.1) is 12.6 Å². The van der Waals surface area contributed by atoms with Gasteiger partial charge >= 0.3 is 6.09 Å². The fraction of sp³-hybridized carbons (Fsp3) is 0.529. The molecule has 0 bridgehead atoms. The van der Waals surface area contributed by atoms with Gasteiger partial charge in [-0.2, -0.15) is 0 Å². The van der Waals surface area contributed by atoms with Crippen LogP contribution in [0.1, 0.15) is 30.0 Å². The second-order valence-electron chi connectivity index (χ2n) is 6.43. The normalized spacial score (nSPS) is 25.0. The fourth-order valence-electron chi connectivity index (χ4n) is 3.77. The van der Waals surface area contributed by atoms with Crippen LogP contribution in [-0.2, 0) is 4.79 Å². The van der Waals surface area contributed by atoms with Gasteiger partial charge in [-0.1, -0.05) is 6.07 Å². The summed E-state index contributed by atoms with van der Waals surface area (Å²) in [7, 11) is 0. The molecule has 2 amide bonds. The number of hydrogen-bond acceptors (Lipinski definition) is 3. The van der Waals surface area contributed by atoms with Crippen molar-refractivity contribution >= 4 is 12.0 Å². The van der Waals surface area contributed by atoms with Crippen LogP contribution >= 0.6 is 0 Å². The Morgan fingerprint density at radius 3 is 2.83 bits per heavy atom. The van der Waals surface area contributed by atoms with E-state index in [1.807, 2.05) is 4.90 Å². The van der Waals surface area contributed by atoms with E-state index in [0.29, 0.717) is 32.5 Å². The van der Waals surface area contributed by atoms with Gasteiger partial charge in [-0.3, -0.25) is 4.79 Å². The fourth-order valence-corrected chi connectivity index (χ4v) is 3.77. The SMILES string of the molecule is Cc1cc(F)ccc1C1CC(N2CCNCC2=O)CCN1C(=O)O. The standard InChI is InChI=1S/C17H22FN3O3/c1-11-8-12(18)2-3-14(11)15-9-13(4-6-21(15)17(23)24)20-7-5-19-10-16(20)22/h2-3,8,13,15,19H,4-7,9-10H2,1H3,(H,23,24). The van der Waals surface area contributed by atoms with Crippen molar-refractivity contribution in [3.05, 3.63) is 35.1 Å². The highest BCUT2D eigenvalue weighted by molar-refractivity contribution is 5.79. The topological polar surface area (TPSA) is 72.9 Å². The van der Waals surface area contributed by atoms with E-state index >= 15 is 0 Å². The summed E-state index contributed by atoms with van der Waals surface area (Å²) >= 11 is 0. The minimum atomic E-state index is -0.978. The summed E-state index contributed by atoms with van der Waals surface area (Å²) in [6.07, 6.45) is 0.202. The predicted molar refractivity (Wildman–Crippen MR) is 86.2 cm³/mol. The highest BCUT2D eigenvalue weighted by Crippen LogP contribution is 2.35. The van der Waals surface area contributed by atoms with Crippen molar-refractivity contribution < 1.29 is 19.1 Å². The van der Waals surface area contributed by atoms with Crippen LogP contribution in [0.25, 0.3) is 0 Å². The molecule has 2 aliphatic heterocycles. The van der Waals surface area contributed by atoms with E-state index in [-0.39, 0.29) is 23.8 Å². The van der Waals surface area contributed by atoms with Crippen molar-refractivity contribution in [1.82, 2.24) is 15.1 Å². The van der Waals surface area contributed by atoms with E-state index in [1.54, 1.807) is 13.0 Å². The first-order valence-corrected chi connectivity index (χ1v) is 8.23. The number of halogens is 1. The molecule has 7 heteroatoms. The van der Waals surface area contributed by atoms with E-state index in [1.165, 1.54) is 17.0 Å². The lowest BCUT2D eigenvalue weighted by atomic mass is 9.88. The largest absolute Gasteiger partial charge is 0.465 e. The van der Waals surface area contributed by atoms with E-state index in [9.17, 15) is 19.1 Å². The molecule has 2 aliphatic rings. The van der Waals surface area contributed by atoms with Crippen molar-refractivity contribution in [2.45, 2.75) is 31.8 Å². The number of rotatable bonds is 2. The zero-order chi connectivity index (χ0) is 17.3. The third-order valence-corrected chi connectivity index (χ3v) is 4.98. The van der Waals surface area contributed by atoms with Crippen LogP contribution in [0.15, 0.2) is 18.2 Å². The summed E-state index contributed by atoms with van der Waals surface area (Å²) in [6.45, 7) is 3.90. The molecule has 2 atom stereocenters. The van der Waals surface area contributed by atoms with Crippen LogP contribution in [0, 0.1) is 12.7 Å². The molecule has 1 aromatic rings. The Hall–Kier alpha value is -2.15. The van der Waals surface area contributed by atoms with Crippen molar-refractivity contribution in [1.29, 1.82) is 0 Å². The molecule has 2 fully saturated rings. The van der Waals surface area contributed by atoms with Gasteiger partial charge in [0, 0.05) is 25.7 Å². The van der Waals surface area contributed by atoms with Crippen molar-refractivity contribution in [2.24, 2.45) is 0 Å². The molecule has 24 heavy (non-hydrogen) atoms. The number of benzene rings is 1. The summed E-state index contributed by atoms with van der Waals surface area (Å²) in [4.78, 5) is 27.0. The van der Waals surface area contributed by atoms with Crippen molar-refractivity contribution in [3.8, 4) is 0 Å². The number of hydrogen-bond donors (Lipinski definition) is 2. The zero-order valence-electron chi connectivity index (χ0n) is 13.7. The summed E-state index contributed by atoms with van der Waals surface area (Å²) in [5.74, 6) is -0.271. The number of nitrogens with zero attached hydrogens (tertiary/aromatic N) is 2. The number of aryl methyl sites for hydroxylation is 1. The number of nitrogens with one attached hydrogen (secondary N) is 1. The highest BCUT2D eigenvalue weighted by Gasteiger charge is 2.37. The Bertz CT molecular complexity index is 652. The molecular formula is C17H22FN3O3. The number of piperidine rings is 1. The van der Waals surface area contributed by atoms with Gasteiger partial charge in [0.1, 0.15) is 5.82 Å². The number of piperazine rings is 1. The maximum absolute atomic E-state index is 13.4. The number of carbonyl (C=O) groups is 2. The van der Waals surface area contributed by atoms with Gasteiger partial charge < -0.3 is 20.2 Å². The van der Waals surface area contributed by atoms with Gasteiger partial charge in [-0.05, 0) is 43.0 Å². The minimum absolute atomic E-state index is 0.0182. The molecule has 2 saturated heterocycles. The van der Waals surface area contributed by atoms with E-state index in [4.69, 9.17) is 0 Å². The van der Waals surface area contributed by atoms with E-state index in [2.05, 4.69) is 5.32 Å². The molecule has 2 heterocycles. The molecule has 0 aliphatic carbocycles. The lowest BCUT2D eigenvalue weighted by molar-refractivity contribution is -0.135. The monoisotopic (exact) mass is 335 g/mol. The Morgan fingerprint density at radius 1 is 1.38 bits per heavy atom. The highest BCUT2D eigenvalue weighted by atomic mass is 19.1. The maximum Gasteiger partial charge on any atom is 0.407 e. The van der Waals surface area contributed by atoms with Gasteiger partial charge in [-0.25, -0.2) is 9.18 Å². The quantitative estimate of drug-likeness (QED) is 0.864. The average Bonchev–Trinajstić information content (AvgIpc) is 2.54. The lowest BCUT2D eigenvalue weighted by Gasteiger charge is -2.44. The minimum Gasteiger partial charge on any atom is -0.465 e. The number of carboxylic acid groups (broad SMARTS) is 1. The number of carbonyl (C=O) groups excluding carboxylic acids is 1. The van der Waals surface area contributed by atoms with Gasteiger partial charge in [0.2, 0.25) is 5.91 Å². The first kappa shape index (κ1) is 16.7. The summed E-state index contributed by atoms with van der Waals surface area (Å²) in [6, 6.07) is 4.11. The Balaban J connectivity index is 1.87. The van der Waals surface area contributed by atoms with Gasteiger partial charge in [-0.15, -0.1) is 0 Å². The summed E-state index contributed by atoms with van der Waals surface area (Å²) < 4.78 is 13.4. The van der Waals surface area contributed by atoms with Crippen LogP contribution in [0.2, 0.25) is 0 Å². The molecule has 2 N–H and O–H groups in total. The maximum atomic E-state index is 13.4. The van der Waals surface area contributed by atoms with Crippen molar-refractivity contribution in [3.63, 3.8) is 0 Å². The van der Waals surface area contributed by atoms with Gasteiger partial charge in [0.25, 0.3) is 0 Å². The first-order valence-electron chi connectivity index (χ1n) is 8.23. The summed E-state index contributed by atoms with van der Waals surface area (Å²) in [5, 5.41) is 12.6. The second kappa shape index (κ2) is 6.76.